The highest BCUT2D eigenvalue weighted by atomic mass is 35.5. The number of likely N-dealkylation sites (N-methyl/N-ethyl adjacent to an activating group) is 2. The van der Waals surface area contributed by atoms with E-state index in [1.54, 1.807) is 42.6 Å². The number of aromatic nitrogens is 1. The average molecular weight is 418 g/mol. The SMILES string of the molecule is CN(CC(=O)Nc1ccccc1Cl)C(=O)C[NH+](C)Cc1nc2ccccc2s1. The van der Waals surface area contributed by atoms with Crippen molar-refractivity contribution in [2.24, 2.45) is 0 Å². The number of nitrogens with one attached hydrogen (secondary N) is 2. The van der Waals surface area contributed by atoms with Crippen LogP contribution in [0.5, 0.6) is 0 Å². The number of benzene rings is 2. The van der Waals surface area contributed by atoms with Gasteiger partial charge in [0, 0.05) is 7.05 Å². The third-order valence-electron chi connectivity index (χ3n) is 4.20. The van der Waals surface area contributed by atoms with Gasteiger partial charge in [0.2, 0.25) is 5.91 Å². The molecule has 6 nitrogen and oxygen atoms in total. The Kier molecular flexibility index (Phi) is 6.61. The van der Waals surface area contributed by atoms with Crippen molar-refractivity contribution < 1.29 is 14.5 Å². The van der Waals surface area contributed by atoms with Gasteiger partial charge in [0.25, 0.3) is 5.91 Å². The number of hydrogen-bond donors (Lipinski definition) is 2. The fourth-order valence-corrected chi connectivity index (χ4v) is 4.03. The lowest BCUT2D eigenvalue weighted by Crippen LogP contribution is -3.08. The number of quaternary nitrogens is 1. The minimum atomic E-state index is -0.284. The molecule has 0 saturated heterocycles. The molecule has 8 heteroatoms. The zero-order valence-corrected chi connectivity index (χ0v) is 17.3. The number of para-hydroxylation sites is 2. The molecular weight excluding hydrogens is 396 g/mol. The summed E-state index contributed by atoms with van der Waals surface area (Å²) in [5.41, 5.74) is 1.52. The molecule has 1 aromatic heterocycles. The summed E-state index contributed by atoms with van der Waals surface area (Å²) < 4.78 is 1.14. The van der Waals surface area contributed by atoms with Crippen LogP contribution in [0.25, 0.3) is 10.2 Å². The largest absolute Gasteiger partial charge is 0.332 e. The van der Waals surface area contributed by atoms with Crippen molar-refractivity contribution in [3.05, 3.63) is 58.6 Å². The van der Waals surface area contributed by atoms with Crippen molar-refractivity contribution in [3.63, 3.8) is 0 Å². The molecule has 0 saturated carbocycles. The minimum absolute atomic E-state index is 0.0293. The Labute approximate surface area is 172 Å². The number of halogens is 1. The number of rotatable bonds is 7. The molecule has 1 unspecified atom stereocenters. The van der Waals surface area contributed by atoms with E-state index in [0.717, 1.165) is 20.1 Å². The third-order valence-corrected chi connectivity index (χ3v) is 5.56. The molecule has 146 valence electrons. The van der Waals surface area contributed by atoms with E-state index in [9.17, 15) is 9.59 Å². The van der Waals surface area contributed by atoms with Gasteiger partial charge in [-0.15, -0.1) is 11.3 Å². The summed E-state index contributed by atoms with van der Waals surface area (Å²) in [5, 5.41) is 4.18. The summed E-state index contributed by atoms with van der Waals surface area (Å²) in [4.78, 5) is 31.7. The van der Waals surface area contributed by atoms with Gasteiger partial charge in [-0.1, -0.05) is 35.9 Å². The predicted molar refractivity (Wildman–Crippen MR) is 113 cm³/mol. The first-order valence-corrected chi connectivity index (χ1v) is 10.1. The Hall–Kier alpha value is -2.48. The fourth-order valence-electron chi connectivity index (χ4n) is 2.77. The Morgan fingerprint density at radius 2 is 1.89 bits per heavy atom. The van der Waals surface area contributed by atoms with E-state index in [1.165, 1.54) is 4.90 Å². The van der Waals surface area contributed by atoms with Crippen LogP contribution in [0.15, 0.2) is 48.5 Å². The molecule has 2 aromatic carbocycles. The van der Waals surface area contributed by atoms with E-state index in [2.05, 4.69) is 10.3 Å². The standard InChI is InChI=1S/C20H21ClN4O2S/c1-24(12-19-23-16-9-5-6-10-17(16)28-19)13-20(27)25(2)11-18(26)22-15-8-4-3-7-14(15)21/h3-10H,11-13H2,1-2H3,(H,22,26)/p+1. The molecule has 0 aliphatic heterocycles. The van der Waals surface area contributed by atoms with Crippen LogP contribution in [0.1, 0.15) is 5.01 Å². The summed E-state index contributed by atoms with van der Waals surface area (Å²) >= 11 is 7.68. The molecule has 3 aromatic rings. The van der Waals surface area contributed by atoms with Crippen molar-refractivity contribution in [1.29, 1.82) is 0 Å². The normalized spacial score (nSPS) is 12.0. The Morgan fingerprint density at radius 1 is 1.18 bits per heavy atom. The van der Waals surface area contributed by atoms with E-state index in [0.29, 0.717) is 17.3 Å². The number of amides is 2. The van der Waals surface area contributed by atoms with Gasteiger partial charge in [0.1, 0.15) is 11.6 Å². The van der Waals surface area contributed by atoms with Crippen molar-refractivity contribution in [3.8, 4) is 0 Å². The van der Waals surface area contributed by atoms with Crippen LogP contribution >= 0.6 is 22.9 Å². The summed E-state index contributed by atoms with van der Waals surface area (Å²) in [6.45, 7) is 0.912. The molecular formula is C20H22ClN4O2S+. The lowest BCUT2D eigenvalue weighted by atomic mass is 10.3. The molecule has 1 heterocycles. The second-order valence-electron chi connectivity index (χ2n) is 6.66. The topological polar surface area (TPSA) is 66.7 Å². The van der Waals surface area contributed by atoms with Crippen LogP contribution in [0.2, 0.25) is 5.02 Å². The van der Waals surface area contributed by atoms with Crippen LogP contribution < -0.4 is 10.2 Å². The van der Waals surface area contributed by atoms with Gasteiger partial charge in [-0.25, -0.2) is 4.98 Å². The van der Waals surface area contributed by atoms with E-state index in [-0.39, 0.29) is 24.9 Å². The maximum absolute atomic E-state index is 12.5. The molecule has 1 atom stereocenters. The Balaban J connectivity index is 1.50. The van der Waals surface area contributed by atoms with Gasteiger partial charge < -0.3 is 15.1 Å². The van der Waals surface area contributed by atoms with Crippen molar-refractivity contribution in [1.82, 2.24) is 9.88 Å². The first kappa shape index (κ1) is 20.3. The fraction of sp³-hybridized carbons (Fsp3) is 0.250. The summed E-state index contributed by atoms with van der Waals surface area (Å²) in [6, 6.07) is 15.0. The third kappa shape index (κ3) is 5.28. The number of anilines is 1. The lowest BCUT2D eigenvalue weighted by molar-refractivity contribution is -0.885. The number of carbonyl (C=O) groups excluding carboxylic acids is 2. The highest BCUT2D eigenvalue weighted by Gasteiger charge is 2.19. The number of carbonyl (C=O) groups is 2. The monoisotopic (exact) mass is 417 g/mol. The van der Waals surface area contributed by atoms with Crippen LogP contribution in [-0.2, 0) is 16.1 Å². The molecule has 0 spiro atoms. The van der Waals surface area contributed by atoms with Gasteiger partial charge in [0.15, 0.2) is 6.54 Å². The Morgan fingerprint density at radius 3 is 2.64 bits per heavy atom. The van der Waals surface area contributed by atoms with Gasteiger partial charge in [-0.3, -0.25) is 9.59 Å². The van der Waals surface area contributed by atoms with Crippen LogP contribution in [0, 0.1) is 0 Å². The second-order valence-corrected chi connectivity index (χ2v) is 8.19. The van der Waals surface area contributed by atoms with Gasteiger partial charge in [-0.2, -0.15) is 0 Å². The molecule has 0 bridgehead atoms. The predicted octanol–water partition coefficient (Wildman–Crippen LogP) is 2.06. The van der Waals surface area contributed by atoms with Gasteiger partial charge in [0.05, 0.1) is 34.5 Å². The number of nitrogens with zero attached hydrogens (tertiary/aromatic N) is 2. The molecule has 0 radical (unpaired) electrons. The average Bonchev–Trinajstić information content (AvgIpc) is 3.05. The van der Waals surface area contributed by atoms with Crippen LogP contribution in [0.4, 0.5) is 5.69 Å². The van der Waals surface area contributed by atoms with Gasteiger partial charge in [-0.05, 0) is 24.3 Å². The van der Waals surface area contributed by atoms with E-state index in [4.69, 9.17) is 11.6 Å². The first-order chi connectivity index (χ1) is 13.4. The summed E-state index contributed by atoms with van der Waals surface area (Å²) in [5.74, 6) is -0.388. The maximum Gasteiger partial charge on any atom is 0.277 e. The van der Waals surface area contributed by atoms with E-state index < -0.39 is 0 Å². The van der Waals surface area contributed by atoms with Gasteiger partial charge >= 0.3 is 0 Å². The van der Waals surface area contributed by atoms with Crippen molar-refractivity contribution >= 4 is 50.7 Å². The molecule has 3 rings (SSSR count). The zero-order chi connectivity index (χ0) is 20.1. The molecule has 2 amide bonds. The highest BCUT2D eigenvalue weighted by Crippen LogP contribution is 2.21. The Bertz CT molecular complexity index is 958. The highest BCUT2D eigenvalue weighted by molar-refractivity contribution is 7.18. The first-order valence-electron chi connectivity index (χ1n) is 8.86. The molecule has 0 aliphatic carbocycles. The maximum atomic E-state index is 12.5. The van der Waals surface area contributed by atoms with E-state index >= 15 is 0 Å². The minimum Gasteiger partial charge on any atom is -0.332 e. The second kappa shape index (κ2) is 9.14. The number of thiazole rings is 1. The van der Waals surface area contributed by atoms with Crippen molar-refractivity contribution in [2.75, 3.05) is 32.5 Å². The van der Waals surface area contributed by atoms with Crippen LogP contribution in [0.3, 0.4) is 0 Å². The smallest absolute Gasteiger partial charge is 0.277 e. The quantitative estimate of drug-likeness (QED) is 0.618. The number of hydrogen-bond acceptors (Lipinski definition) is 4. The summed E-state index contributed by atoms with van der Waals surface area (Å²) in [7, 11) is 3.57. The molecule has 28 heavy (non-hydrogen) atoms. The molecule has 2 N–H and O–H groups in total. The summed E-state index contributed by atoms with van der Waals surface area (Å²) in [6.07, 6.45) is 0. The van der Waals surface area contributed by atoms with Crippen LogP contribution in [-0.4, -0.2) is 48.9 Å². The number of fused-ring (bicyclic) bond motifs is 1. The molecule has 0 aliphatic rings. The van der Waals surface area contributed by atoms with E-state index in [1.807, 2.05) is 31.3 Å². The lowest BCUT2D eigenvalue weighted by Gasteiger charge is -2.19. The van der Waals surface area contributed by atoms with Crippen molar-refractivity contribution in [2.45, 2.75) is 6.54 Å². The zero-order valence-electron chi connectivity index (χ0n) is 15.7. The molecule has 0 fully saturated rings.